The summed E-state index contributed by atoms with van der Waals surface area (Å²) in [5.41, 5.74) is 0. The van der Waals surface area contributed by atoms with Crippen molar-refractivity contribution >= 4 is 6.03 Å². The summed E-state index contributed by atoms with van der Waals surface area (Å²) in [5.74, 6) is 0.362. The van der Waals surface area contributed by atoms with Crippen LogP contribution < -0.4 is 10.1 Å². The molecule has 6 heteroatoms. The number of piperidine rings is 1. The Morgan fingerprint density at radius 3 is 2.75 bits per heavy atom. The lowest BCUT2D eigenvalue weighted by atomic mass is 10.0. The summed E-state index contributed by atoms with van der Waals surface area (Å²) in [6, 6.07) is 6.56. The maximum absolute atomic E-state index is 12.8. The van der Waals surface area contributed by atoms with Crippen LogP contribution >= 0.6 is 0 Å². The lowest BCUT2D eigenvalue weighted by molar-refractivity contribution is 0.0440. The Morgan fingerprint density at radius 2 is 2.04 bits per heavy atom. The van der Waals surface area contributed by atoms with E-state index >= 15 is 0 Å². The number of benzene rings is 1. The molecule has 1 aromatic carbocycles. The minimum Gasteiger partial charge on any atom is -0.487 e. The van der Waals surface area contributed by atoms with Crippen molar-refractivity contribution in [1.82, 2.24) is 15.1 Å². The summed E-state index contributed by atoms with van der Waals surface area (Å²) >= 11 is 0. The van der Waals surface area contributed by atoms with Crippen molar-refractivity contribution in [3.05, 3.63) is 30.1 Å². The van der Waals surface area contributed by atoms with Gasteiger partial charge >= 0.3 is 6.03 Å². The van der Waals surface area contributed by atoms with Gasteiger partial charge in [-0.25, -0.2) is 9.18 Å². The lowest BCUT2D eigenvalue weighted by Gasteiger charge is -2.39. The molecule has 24 heavy (non-hydrogen) atoms. The number of likely N-dealkylation sites (tertiary alicyclic amines) is 2. The van der Waals surface area contributed by atoms with E-state index in [0.29, 0.717) is 31.4 Å². The van der Waals surface area contributed by atoms with E-state index in [9.17, 15) is 9.18 Å². The SMILES string of the molecule is C[C@H]1CCCCN1CCNC(=O)N1CC(Oc2ccc(F)cc2)C1. The molecular formula is C18H26FN3O2. The van der Waals surface area contributed by atoms with Gasteiger partial charge in [0.05, 0.1) is 13.1 Å². The van der Waals surface area contributed by atoms with Crippen LogP contribution in [0.15, 0.2) is 24.3 Å². The molecule has 2 aliphatic rings. The number of amides is 2. The van der Waals surface area contributed by atoms with E-state index in [2.05, 4.69) is 17.1 Å². The molecule has 3 rings (SSSR count). The van der Waals surface area contributed by atoms with Crippen LogP contribution in [0.5, 0.6) is 5.75 Å². The number of hydrogen-bond donors (Lipinski definition) is 1. The zero-order valence-electron chi connectivity index (χ0n) is 14.2. The van der Waals surface area contributed by atoms with Crippen LogP contribution in [0.2, 0.25) is 0 Å². The molecule has 1 aromatic rings. The predicted octanol–water partition coefficient (Wildman–Crippen LogP) is 2.47. The topological polar surface area (TPSA) is 44.8 Å². The van der Waals surface area contributed by atoms with E-state index in [-0.39, 0.29) is 18.0 Å². The van der Waals surface area contributed by atoms with Crippen LogP contribution in [0.3, 0.4) is 0 Å². The van der Waals surface area contributed by atoms with E-state index in [1.807, 2.05) is 0 Å². The van der Waals surface area contributed by atoms with Crippen LogP contribution in [-0.4, -0.2) is 60.7 Å². The first-order valence-corrected chi connectivity index (χ1v) is 8.81. The minimum absolute atomic E-state index is 0.0108. The lowest BCUT2D eigenvalue weighted by Crippen LogP contribution is -2.59. The van der Waals surface area contributed by atoms with E-state index in [0.717, 1.165) is 13.1 Å². The Kier molecular flexibility index (Phi) is 5.56. The molecule has 0 saturated carbocycles. The Balaban J connectivity index is 1.32. The smallest absolute Gasteiger partial charge is 0.317 e. The molecule has 0 radical (unpaired) electrons. The summed E-state index contributed by atoms with van der Waals surface area (Å²) in [5, 5.41) is 2.98. The Labute approximate surface area is 142 Å². The number of carbonyl (C=O) groups is 1. The third kappa shape index (κ3) is 4.38. The van der Waals surface area contributed by atoms with Crippen molar-refractivity contribution in [3.8, 4) is 5.75 Å². The Morgan fingerprint density at radius 1 is 1.29 bits per heavy atom. The summed E-state index contributed by atoms with van der Waals surface area (Å²) in [6.07, 6.45) is 3.81. The van der Waals surface area contributed by atoms with Gasteiger partial charge in [0.25, 0.3) is 0 Å². The maximum atomic E-state index is 12.8. The fraction of sp³-hybridized carbons (Fsp3) is 0.611. The molecular weight excluding hydrogens is 309 g/mol. The number of halogens is 1. The van der Waals surface area contributed by atoms with Crippen molar-refractivity contribution < 1.29 is 13.9 Å². The molecule has 0 bridgehead atoms. The molecule has 0 aliphatic carbocycles. The number of ether oxygens (including phenoxy) is 1. The van der Waals surface area contributed by atoms with Gasteiger partial charge in [-0.3, -0.25) is 4.90 Å². The molecule has 2 amide bonds. The van der Waals surface area contributed by atoms with E-state index in [1.54, 1.807) is 17.0 Å². The second-order valence-corrected chi connectivity index (χ2v) is 6.71. The van der Waals surface area contributed by atoms with Crippen LogP contribution in [0, 0.1) is 5.82 Å². The van der Waals surface area contributed by atoms with Crippen molar-refractivity contribution in [2.45, 2.75) is 38.3 Å². The molecule has 0 unspecified atom stereocenters. The molecule has 0 aromatic heterocycles. The monoisotopic (exact) mass is 335 g/mol. The van der Waals surface area contributed by atoms with Crippen molar-refractivity contribution in [3.63, 3.8) is 0 Å². The fourth-order valence-corrected chi connectivity index (χ4v) is 3.29. The first-order chi connectivity index (χ1) is 11.6. The van der Waals surface area contributed by atoms with E-state index < -0.39 is 0 Å². The third-order valence-corrected chi connectivity index (χ3v) is 4.87. The standard InChI is InChI=1S/C18H26FN3O2/c1-14-4-2-3-10-21(14)11-9-20-18(23)22-12-17(13-22)24-16-7-5-15(19)6-8-16/h5-8,14,17H,2-4,9-13H2,1H3,(H,20,23)/t14-/m0/s1. The molecule has 1 N–H and O–H groups in total. The number of carbonyl (C=O) groups excluding carboxylic acids is 1. The highest BCUT2D eigenvalue weighted by molar-refractivity contribution is 5.75. The number of nitrogens with one attached hydrogen (secondary N) is 1. The van der Waals surface area contributed by atoms with Gasteiger partial charge in [0, 0.05) is 19.1 Å². The van der Waals surface area contributed by atoms with Crippen molar-refractivity contribution in [2.24, 2.45) is 0 Å². The molecule has 2 fully saturated rings. The molecule has 1 atom stereocenters. The average Bonchev–Trinajstić information content (AvgIpc) is 2.54. The van der Waals surface area contributed by atoms with Gasteiger partial charge in [-0.15, -0.1) is 0 Å². The number of hydrogen-bond acceptors (Lipinski definition) is 3. The quantitative estimate of drug-likeness (QED) is 0.899. The first kappa shape index (κ1) is 17.0. The molecule has 5 nitrogen and oxygen atoms in total. The van der Waals surface area contributed by atoms with Crippen molar-refractivity contribution in [2.75, 3.05) is 32.7 Å². The first-order valence-electron chi connectivity index (χ1n) is 8.81. The van der Waals surface area contributed by atoms with Crippen molar-refractivity contribution in [1.29, 1.82) is 0 Å². The Hall–Kier alpha value is -1.82. The zero-order valence-corrected chi connectivity index (χ0v) is 14.2. The van der Waals surface area contributed by atoms with Gasteiger partial charge in [0.15, 0.2) is 0 Å². The normalized spacial score (nSPS) is 22.1. The predicted molar refractivity (Wildman–Crippen MR) is 90.7 cm³/mol. The number of nitrogens with zero attached hydrogens (tertiary/aromatic N) is 2. The van der Waals surface area contributed by atoms with Gasteiger partial charge in [0.1, 0.15) is 17.7 Å². The number of urea groups is 1. The summed E-state index contributed by atoms with van der Waals surface area (Å²) in [6.45, 7) is 6.13. The average molecular weight is 335 g/mol. The minimum atomic E-state index is -0.278. The molecule has 2 saturated heterocycles. The van der Waals surface area contributed by atoms with E-state index in [1.165, 1.54) is 31.4 Å². The summed E-state index contributed by atoms with van der Waals surface area (Å²) in [4.78, 5) is 16.3. The highest BCUT2D eigenvalue weighted by Crippen LogP contribution is 2.18. The molecule has 132 valence electrons. The second kappa shape index (κ2) is 7.83. The second-order valence-electron chi connectivity index (χ2n) is 6.71. The van der Waals surface area contributed by atoms with Crippen LogP contribution in [0.1, 0.15) is 26.2 Å². The third-order valence-electron chi connectivity index (χ3n) is 4.87. The van der Waals surface area contributed by atoms with Gasteiger partial charge in [-0.2, -0.15) is 0 Å². The fourth-order valence-electron chi connectivity index (χ4n) is 3.29. The van der Waals surface area contributed by atoms with Crippen LogP contribution in [0.4, 0.5) is 9.18 Å². The highest BCUT2D eigenvalue weighted by atomic mass is 19.1. The largest absolute Gasteiger partial charge is 0.487 e. The molecule has 0 spiro atoms. The van der Waals surface area contributed by atoms with Crippen LogP contribution in [-0.2, 0) is 0 Å². The van der Waals surface area contributed by atoms with Gasteiger partial charge < -0.3 is 15.0 Å². The zero-order chi connectivity index (χ0) is 16.9. The molecule has 2 aliphatic heterocycles. The summed E-state index contributed by atoms with van der Waals surface area (Å²) < 4.78 is 18.5. The maximum Gasteiger partial charge on any atom is 0.317 e. The molecule has 2 heterocycles. The highest BCUT2D eigenvalue weighted by Gasteiger charge is 2.32. The van der Waals surface area contributed by atoms with Gasteiger partial charge in [0.2, 0.25) is 0 Å². The van der Waals surface area contributed by atoms with E-state index in [4.69, 9.17) is 4.74 Å². The Bertz CT molecular complexity index is 546. The number of rotatable bonds is 5. The van der Waals surface area contributed by atoms with Gasteiger partial charge in [-0.1, -0.05) is 6.42 Å². The summed E-state index contributed by atoms with van der Waals surface area (Å²) in [7, 11) is 0. The van der Waals surface area contributed by atoms with Crippen LogP contribution in [0.25, 0.3) is 0 Å². The van der Waals surface area contributed by atoms with Gasteiger partial charge in [-0.05, 0) is 50.6 Å².